The summed E-state index contributed by atoms with van der Waals surface area (Å²) >= 11 is 0. The minimum Gasteiger partial charge on any atom is -0.332 e. The molecule has 0 radical (unpaired) electrons. The fourth-order valence-corrected chi connectivity index (χ4v) is 3.71. The molecular weight excluding hydrogens is 404 g/mol. The number of ketones is 1. The summed E-state index contributed by atoms with van der Waals surface area (Å²) in [5.41, 5.74) is 4.13. The first-order valence-corrected chi connectivity index (χ1v) is 10.3. The summed E-state index contributed by atoms with van der Waals surface area (Å²) in [6.07, 6.45) is 3.09. The van der Waals surface area contributed by atoms with E-state index in [0.717, 1.165) is 16.9 Å². The molecule has 1 atom stereocenters. The van der Waals surface area contributed by atoms with Crippen molar-refractivity contribution in [1.82, 2.24) is 29.4 Å². The maximum absolute atomic E-state index is 13.2. The molecule has 2 aromatic heterocycles. The van der Waals surface area contributed by atoms with Gasteiger partial charge in [-0.05, 0) is 50.6 Å². The molecule has 8 heteroatoms. The smallest absolute Gasteiger partial charge is 0.295 e. The van der Waals surface area contributed by atoms with Gasteiger partial charge in [-0.15, -0.1) is 0 Å². The number of nitrogens with zero attached hydrogens (tertiary/aromatic N) is 6. The maximum Gasteiger partial charge on any atom is 0.295 e. The van der Waals surface area contributed by atoms with Crippen molar-refractivity contribution in [3.63, 3.8) is 0 Å². The second kappa shape index (κ2) is 8.58. The van der Waals surface area contributed by atoms with E-state index in [1.807, 2.05) is 61.5 Å². The molecule has 162 valence electrons. The van der Waals surface area contributed by atoms with E-state index in [9.17, 15) is 9.59 Å². The Hall–Kier alpha value is -4.07. The molecule has 32 heavy (non-hydrogen) atoms. The number of amides is 1. The fraction of sp³-hybridized carbons (Fsp3) is 0.208. The van der Waals surface area contributed by atoms with Crippen LogP contribution in [0, 0.1) is 13.8 Å². The van der Waals surface area contributed by atoms with Crippen LogP contribution in [0.15, 0.2) is 67.3 Å². The Morgan fingerprint density at radius 1 is 0.969 bits per heavy atom. The first-order chi connectivity index (χ1) is 15.4. The van der Waals surface area contributed by atoms with Crippen molar-refractivity contribution in [3.8, 4) is 11.4 Å². The number of carbonyl (C=O) groups excluding carboxylic acids is 2. The number of rotatable bonds is 6. The maximum atomic E-state index is 13.2. The van der Waals surface area contributed by atoms with Gasteiger partial charge >= 0.3 is 0 Å². The van der Waals surface area contributed by atoms with Crippen LogP contribution in [0.2, 0.25) is 0 Å². The highest BCUT2D eigenvalue weighted by molar-refractivity contribution is 6.43. The van der Waals surface area contributed by atoms with Crippen molar-refractivity contribution < 1.29 is 9.59 Å². The van der Waals surface area contributed by atoms with Gasteiger partial charge in [0.1, 0.15) is 12.7 Å². The Balaban J connectivity index is 1.55. The molecule has 0 aliphatic carbocycles. The molecule has 0 aliphatic rings. The molecule has 0 N–H and O–H groups in total. The van der Waals surface area contributed by atoms with Crippen LogP contribution in [-0.2, 0) is 4.79 Å². The summed E-state index contributed by atoms with van der Waals surface area (Å²) in [6.45, 7) is 5.45. The van der Waals surface area contributed by atoms with Gasteiger partial charge in [0, 0.05) is 7.05 Å². The topological polar surface area (TPSA) is 85.9 Å². The van der Waals surface area contributed by atoms with Gasteiger partial charge in [-0.3, -0.25) is 9.59 Å². The zero-order valence-electron chi connectivity index (χ0n) is 18.4. The third-order valence-corrected chi connectivity index (χ3v) is 5.67. The van der Waals surface area contributed by atoms with E-state index in [-0.39, 0.29) is 6.04 Å². The monoisotopic (exact) mass is 428 g/mol. The van der Waals surface area contributed by atoms with Gasteiger partial charge in [-0.25, -0.2) is 14.3 Å². The predicted octanol–water partition coefficient (Wildman–Crippen LogP) is 3.47. The third kappa shape index (κ3) is 3.82. The van der Waals surface area contributed by atoms with Crippen molar-refractivity contribution >= 4 is 11.7 Å². The number of aromatic nitrogens is 5. The lowest BCUT2D eigenvalue weighted by Crippen LogP contribution is -2.35. The summed E-state index contributed by atoms with van der Waals surface area (Å²) in [6, 6.07) is 16.9. The van der Waals surface area contributed by atoms with E-state index in [0.29, 0.717) is 17.0 Å². The van der Waals surface area contributed by atoms with Crippen molar-refractivity contribution in [2.45, 2.75) is 26.8 Å². The van der Waals surface area contributed by atoms with Crippen LogP contribution in [-0.4, -0.2) is 48.2 Å². The lowest BCUT2D eigenvalue weighted by Gasteiger charge is -2.25. The minimum atomic E-state index is -0.573. The third-order valence-electron chi connectivity index (χ3n) is 5.67. The van der Waals surface area contributed by atoms with E-state index >= 15 is 0 Å². The molecule has 8 nitrogen and oxygen atoms in total. The van der Waals surface area contributed by atoms with Crippen LogP contribution in [0.25, 0.3) is 11.4 Å². The predicted molar refractivity (Wildman–Crippen MR) is 120 cm³/mol. The first-order valence-electron chi connectivity index (χ1n) is 10.3. The van der Waals surface area contributed by atoms with Gasteiger partial charge in [0.2, 0.25) is 0 Å². The number of carbonyl (C=O) groups is 2. The number of aryl methyl sites for hydroxylation is 1. The van der Waals surface area contributed by atoms with Gasteiger partial charge in [0.05, 0.1) is 34.4 Å². The van der Waals surface area contributed by atoms with E-state index < -0.39 is 11.7 Å². The van der Waals surface area contributed by atoms with Crippen LogP contribution < -0.4 is 0 Å². The Bertz CT molecular complexity index is 1240. The van der Waals surface area contributed by atoms with Gasteiger partial charge < -0.3 is 4.90 Å². The zero-order valence-corrected chi connectivity index (χ0v) is 18.4. The highest BCUT2D eigenvalue weighted by atomic mass is 16.2. The van der Waals surface area contributed by atoms with Crippen molar-refractivity contribution in [1.29, 1.82) is 0 Å². The summed E-state index contributed by atoms with van der Waals surface area (Å²) in [5, 5.41) is 8.60. The standard InChI is InChI=1S/C24H24N6O2/c1-16-22(18(3)30(27-16)21-8-6-5-7-9-21)23(31)24(32)28(4)17(2)19-10-12-20(13-11-19)29-15-25-14-26-29/h5-15,17H,1-4H3/t17-/m1/s1. The van der Waals surface area contributed by atoms with Crippen LogP contribution >= 0.6 is 0 Å². The van der Waals surface area contributed by atoms with Crippen LogP contribution in [0.4, 0.5) is 0 Å². The number of likely N-dealkylation sites (N-methyl/N-ethyl adjacent to an activating group) is 1. The second-order valence-corrected chi connectivity index (χ2v) is 7.65. The Kier molecular flexibility index (Phi) is 5.68. The summed E-state index contributed by atoms with van der Waals surface area (Å²) in [5.74, 6) is -1.13. The summed E-state index contributed by atoms with van der Waals surface area (Å²) < 4.78 is 3.35. The molecule has 0 saturated heterocycles. The quantitative estimate of drug-likeness (QED) is 0.347. The number of para-hydroxylation sites is 1. The van der Waals surface area contributed by atoms with Gasteiger partial charge in [0.15, 0.2) is 0 Å². The molecule has 1 amide bonds. The largest absolute Gasteiger partial charge is 0.332 e. The SMILES string of the molecule is Cc1nn(-c2ccccc2)c(C)c1C(=O)C(=O)N(C)[C@H](C)c1ccc(-n2cncn2)cc1. The molecule has 4 rings (SSSR count). The van der Waals surface area contributed by atoms with E-state index in [1.165, 1.54) is 11.2 Å². The van der Waals surface area contributed by atoms with Crippen LogP contribution in [0.3, 0.4) is 0 Å². The molecule has 0 saturated carbocycles. The molecule has 0 fully saturated rings. The second-order valence-electron chi connectivity index (χ2n) is 7.65. The van der Waals surface area contributed by atoms with Crippen LogP contribution in [0.5, 0.6) is 0 Å². The summed E-state index contributed by atoms with van der Waals surface area (Å²) in [4.78, 5) is 31.6. The number of hydrogen-bond acceptors (Lipinski definition) is 5. The van der Waals surface area contributed by atoms with Gasteiger partial charge in [-0.2, -0.15) is 10.2 Å². The average Bonchev–Trinajstić information content (AvgIpc) is 3.46. The number of benzene rings is 2. The molecule has 2 heterocycles. The first kappa shape index (κ1) is 21.2. The molecule has 0 aliphatic heterocycles. The number of Topliss-reactive ketones (excluding diaryl/α,β-unsaturated/α-hetero) is 1. The Morgan fingerprint density at radius 3 is 2.28 bits per heavy atom. The summed E-state index contributed by atoms with van der Waals surface area (Å²) in [7, 11) is 1.64. The molecule has 0 spiro atoms. The zero-order chi connectivity index (χ0) is 22.8. The van der Waals surface area contributed by atoms with Crippen molar-refractivity contribution in [3.05, 3.63) is 89.8 Å². The molecule has 0 unspecified atom stereocenters. The normalized spacial score (nSPS) is 11.9. The van der Waals surface area contributed by atoms with E-state index in [4.69, 9.17) is 0 Å². The lowest BCUT2D eigenvalue weighted by atomic mass is 10.0. The highest BCUT2D eigenvalue weighted by Gasteiger charge is 2.29. The highest BCUT2D eigenvalue weighted by Crippen LogP contribution is 2.23. The van der Waals surface area contributed by atoms with Crippen LogP contribution in [0.1, 0.15) is 40.3 Å². The minimum absolute atomic E-state index is 0.291. The lowest BCUT2D eigenvalue weighted by molar-refractivity contribution is -0.127. The van der Waals surface area contributed by atoms with E-state index in [1.54, 1.807) is 36.6 Å². The average molecular weight is 428 g/mol. The Morgan fingerprint density at radius 2 is 1.66 bits per heavy atom. The van der Waals surface area contributed by atoms with Crippen molar-refractivity contribution in [2.75, 3.05) is 7.05 Å². The molecule has 4 aromatic rings. The van der Waals surface area contributed by atoms with E-state index in [2.05, 4.69) is 15.2 Å². The molecule has 0 bridgehead atoms. The molecule has 2 aromatic carbocycles. The molecular formula is C24H24N6O2. The fourth-order valence-electron chi connectivity index (χ4n) is 3.71. The van der Waals surface area contributed by atoms with Gasteiger partial charge in [-0.1, -0.05) is 30.3 Å². The van der Waals surface area contributed by atoms with Gasteiger partial charge in [0.25, 0.3) is 11.7 Å². The number of hydrogen-bond donors (Lipinski definition) is 0. The Labute approximate surface area is 186 Å². The van der Waals surface area contributed by atoms with Crippen molar-refractivity contribution in [2.24, 2.45) is 0 Å².